The second-order valence-electron chi connectivity index (χ2n) is 12.2. The van der Waals surface area contributed by atoms with E-state index in [9.17, 15) is 26.7 Å². The molecule has 0 saturated heterocycles. The van der Waals surface area contributed by atoms with Gasteiger partial charge in [-0.3, -0.25) is 4.79 Å². The lowest BCUT2D eigenvalue weighted by Crippen LogP contribution is -2.52. The van der Waals surface area contributed by atoms with E-state index in [2.05, 4.69) is 57.9 Å². The molecule has 0 spiro atoms. The highest BCUT2D eigenvalue weighted by Gasteiger charge is 2.39. The number of benzene rings is 3. The number of Topliss-reactive ketones (excluding diaryl/α,β-unsaturated/α-hetero) is 1. The van der Waals surface area contributed by atoms with Gasteiger partial charge in [-0.05, 0) is 77.4 Å². The molecule has 10 nitrogen and oxygen atoms in total. The van der Waals surface area contributed by atoms with Crippen molar-refractivity contribution in [1.29, 1.82) is 0 Å². The number of carbonyl (C=O) groups excluding carboxylic acids is 1. The molecule has 5 heterocycles. The van der Waals surface area contributed by atoms with Crippen LogP contribution in [0.25, 0.3) is 22.7 Å². The molecule has 0 N–H and O–H groups in total. The summed E-state index contributed by atoms with van der Waals surface area (Å²) in [7, 11) is -5.33. The van der Waals surface area contributed by atoms with E-state index in [4.69, 9.17) is 9.47 Å². The Morgan fingerprint density at radius 3 is 1.83 bits per heavy atom. The van der Waals surface area contributed by atoms with E-state index in [0.29, 0.717) is 22.6 Å². The molecule has 5 aromatic rings. The molecular weight excluding hydrogens is 713 g/mol. The van der Waals surface area contributed by atoms with Gasteiger partial charge in [0.05, 0.1) is 28.9 Å². The molecule has 0 fully saturated rings. The highest BCUT2D eigenvalue weighted by atomic mass is 32.2. The highest BCUT2D eigenvalue weighted by molar-refractivity contribution is 7.97. The Labute approximate surface area is 307 Å². The molecule has 0 aliphatic carbocycles. The van der Waals surface area contributed by atoms with Crippen molar-refractivity contribution in [2.45, 2.75) is 22.9 Å². The lowest BCUT2D eigenvalue weighted by molar-refractivity contribution is -0.794. The van der Waals surface area contributed by atoms with E-state index in [-0.39, 0.29) is 20.9 Å². The number of sulfone groups is 2. The number of carbonyl (C=O) groups is 1. The normalized spacial score (nSPS) is 17.1. The zero-order valence-corrected chi connectivity index (χ0v) is 30.3. The maximum absolute atomic E-state index is 13.1. The average Bonchev–Trinajstić information content (AvgIpc) is 3.50. The first-order valence-corrected chi connectivity index (χ1v) is 19.5. The van der Waals surface area contributed by atoms with E-state index >= 15 is 0 Å². The summed E-state index contributed by atoms with van der Waals surface area (Å²) in [6.45, 7) is 2.13. The number of methoxy groups -OCH3 is 2. The second-order valence-corrected chi connectivity index (χ2v) is 15.9. The van der Waals surface area contributed by atoms with Gasteiger partial charge in [-0.2, -0.15) is 9.13 Å². The molecule has 53 heavy (non-hydrogen) atoms. The molecule has 0 unspecified atom stereocenters. The molecule has 0 atom stereocenters. The standard InChI is InChI=1S/C29H22O8S2.C12H12N2/c1-36-20-10-14-24-22(16-20)28(30)26(38(24,32)33)12-8-19(18-6-4-3-5-7-18)9-13-27-29(31)23-17-21(37-2)11-15-25(23)39(27,34)35;1-3-7-13-9-10-14-8-4-2-6-12(14)11(13)5-1/h3-17,30H,1-2H3;1-8H,9-10H2/q;+2/p-1. The number of rotatable bonds is 6. The zero-order valence-electron chi connectivity index (χ0n) is 28.7. The number of aryl methyl sites for hydroxylation is 2. The van der Waals surface area contributed by atoms with Crippen LogP contribution in [0.1, 0.15) is 21.5 Å². The first-order chi connectivity index (χ1) is 25.5. The van der Waals surface area contributed by atoms with Crippen LogP contribution in [0.15, 0.2) is 159 Å². The summed E-state index contributed by atoms with van der Waals surface area (Å²) < 4.78 is 67.2. The van der Waals surface area contributed by atoms with Crippen LogP contribution in [0.3, 0.4) is 0 Å². The molecule has 3 aliphatic rings. The Morgan fingerprint density at radius 1 is 0.698 bits per heavy atom. The Hall–Kier alpha value is -6.11. The van der Waals surface area contributed by atoms with E-state index < -0.39 is 41.0 Å². The van der Waals surface area contributed by atoms with Crippen molar-refractivity contribution < 1.29 is 45.3 Å². The van der Waals surface area contributed by atoms with Gasteiger partial charge in [0.15, 0.2) is 12.4 Å². The van der Waals surface area contributed by atoms with E-state index in [1.54, 1.807) is 30.3 Å². The molecule has 0 bridgehead atoms. The number of ketones is 1. The number of aromatic nitrogens is 2. The third-order valence-electron chi connectivity index (χ3n) is 9.13. The van der Waals surface area contributed by atoms with Crippen molar-refractivity contribution in [3.05, 3.63) is 166 Å². The number of allylic oxidation sites excluding steroid dienone is 6. The SMILES string of the molecule is COc1ccc2c(c1)C(=O)C(=CC=C(C=CC1=C([O-])c3cc(OC)ccc3S1(=O)=O)c1ccccc1)S2(=O)=O.c1cc[n+]2c(c1)-c1cccc[n+]1CC2. The van der Waals surface area contributed by atoms with Gasteiger partial charge in [0.25, 0.3) is 11.4 Å². The topological polar surface area (TPSA) is 135 Å². The predicted octanol–water partition coefficient (Wildman–Crippen LogP) is 4.66. The van der Waals surface area contributed by atoms with E-state index in [0.717, 1.165) is 13.1 Å². The molecule has 0 radical (unpaired) electrons. The largest absolute Gasteiger partial charge is 0.871 e. The summed E-state index contributed by atoms with van der Waals surface area (Å²) in [5, 5.41) is 13.0. The first kappa shape index (κ1) is 35.3. The zero-order chi connectivity index (χ0) is 37.3. The smallest absolute Gasteiger partial charge is 0.277 e. The second kappa shape index (κ2) is 14.1. The fourth-order valence-electron chi connectivity index (χ4n) is 6.41. The van der Waals surface area contributed by atoms with Crippen LogP contribution in [0, 0.1) is 0 Å². The van der Waals surface area contributed by atoms with Gasteiger partial charge < -0.3 is 14.6 Å². The van der Waals surface area contributed by atoms with Gasteiger partial charge in [-0.25, -0.2) is 16.8 Å². The number of fused-ring (bicyclic) bond motifs is 5. The first-order valence-electron chi connectivity index (χ1n) is 16.5. The minimum Gasteiger partial charge on any atom is -0.871 e. The number of nitrogens with zero attached hydrogens (tertiary/aromatic N) is 2. The Kier molecular flexibility index (Phi) is 9.41. The van der Waals surface area contributed by atoms with Crippen molar-refractivity contribution in [2.75, 3.05) is 14.2 Å². The van der Waals surface area contributed by atoms with Crippen LogP contribution in [-0.4, -0.2) is 36.8 Å². The van der Waals surface area contributed by atoms with Gasteiger partial charge in [-0.15, -0.1) is 0 Å². The van der Waals surface area contributed by atoms with Gasteiger partial charge in [0, 0.05) is 29.8 Å². The molecule has 3 aliphatic heterocycles. The molecule has 8 rings (SSSR count). The monoisotopic (exact) mass is 745 g/mol. The van der Waals surface area contributed by atoms with Crippen LogP contribution in [-0.2, 0) is 32.8 Å². The minimum atomic E-state index is -4.08. The van der Waals surface area contributed by atoms with Crippen LogP contribution < -0.4 is 23.7 Å². The summed E-state index contributed by atoms with van der Waals surface area (Å²) in [5.41, 5.74) is 3.62. The van der Waals surface area contributed by atoms with E-state index in [1.807, 2.05) is 0 Å². The maximum atomic E-state index is 13.1. The van der Waals surface area contributed by atoms with Crippen molar-refractivity contribution in [1.82, 2.24) is 0 Å². The summed E-state index contributed by atoms with van der Waals surface area (Å²) in [4.78, 5) is 11.9. The Balaban J connectivity index is 0.000000257. The third kappa shape index (κ3) is 6.47. The number of pyridine rings is 2. The molecular formula is C41H33N2O8S2+. The summed E-state index contributed by atoms with van der Waals surface area (Å²) in [5.74, 6) is -0.659. The predicted molar refractivity (Wildman–Crippen MR) is 196 cm³/mol. The molecule has 0 saturated carbocycles. The molecule has 3 aromatic carbocycles. The van der Waals surface area contributed by atoms with Crippen molar-refractivity contribution in [2.24, 2.45) is 0 Å². The van der Waals surface area contributed by atoms with Gasteiger partial charge in [-0.1, -0.05) is 48.2 Å². The van der Waals surface area contributed by atoms with Crippen LogP contribution in [0.5, 0.6) is 11.5 Å². The fraction of sp³-hybridized carbons (Fsp3) is 0.0976. The van der Waals surface area contributed by atoms with Crippen LogP contribution in [0.4, 0.5) is 0 Å². The lowest BCUT2D eigenvalue weighted by atomic mass is 10.0. The quantitative estimate of drug-likeness (QED) is 0.139. The van der Waals surface area contributed by atoms with Crippen molar-refractivity contribution in [3.8, 4) is 22.9 Å². The fourth-order valence-corrected chi connectivity index (χ4v) is 9.46. The van der Waals surface area contributed by atoms with Gasteiger partial charge >= 0.3 is 0 Å². The highest BCUT2D eigenvalue weighted by Crippen LogP contribution is 2.40. The van der Waals surface area contributed by atoms with E-state index in [1.165, 1.54) is 86.3 Å². The maximum Gasteiger partial charge on any atom is 0.277 e. The van der Waals surface area contributed by atoms with Crippen molar-refractivity contribution >= 4 is 36.8 Å². The summed E-state index contributed by atoms with van der Waals surface area (Å²) >= 11 is 0. The molecule has 12 heteroatoms. The Morgan fingerprint density at radius 2 is 1.25 bits per heavy atom. The average molecular weight is 746 g/mol. The number of hydrogen-bond acceptors (Lipinski definition) is 8. The molecule has 266 valence electrons. The lowest BCUT2D eigenvalue weighted by Gasteiger charge is -2.10. The third-order valence-corrected chi connectivity index (χ3v) is 12.8. The minimum absolute atomic E-state index is 0.0113. The van der Waals surface area contributed by atoms with Gasteiger partial charge in [0.2, 0.25) is 38.5 Å². The summed E-state index contributed by atoms with van der Waals surface area (Å²) in [6.07, 6.45) is 9.47. The number of hydrogen-bond donors (Lipinski definition) is 0. The molecule has 0 amide bonds. The number of ether oxygens (including phenoxy) is 2. The van der Waals surface area contributed by atoms with Crippen LogP contribution >= 0.6 is 0 Å². The Bertz CT molecular complexity index is 2600. The van der Waals surface area contributed by atoms with Crippen LogP contribution in [0.2, 0.25) is 0 Å². The van der Waals surface area contributed by atoms with Gasteiger partial charge in [0.1, 0.15) is 16.4 Å². The van der Waals surface area contributed by atoms with Crippen molar-refractivity contribution in [3.63, 3.8) is 0 Å². The molecule has 2 aromatic heterocycles. The summed E-state index contributed by atoms with van der Waals surface area (Å²) in [6, 6.07) is 29.7.